The minimum atomic E-state index is 0.372. The van der Waals surface area contributed by atoms with Gasteiger partial charge in [-0.3, -0.25) is 0 Å². The topological polar surface area (TPSA) is 9.23 Å². The lowest BCUT2D eigenvalue weighted by molar-refractivity contribution is -0.0206. The van der Waals surface area contributed by atoms with E-state index < -0.39 is 0 Å². The van der Waals surface area contributed by atoms with Crippen LogP contribution in [0.5, 0.6) is 0 Å². The highest BCUT2D eigenvalue weighted by Crippen LogP contribution is 2.31. The van der Waals surface area contributed by atoms with Gasteiger partial charge in [-0.2, -0.15) is 0 Å². The van der Waals surface area contributed by atoms with Crippen molar-refractivity contribution in [2.45, 2.75) is 64.9 Å². The molecular weight excluding hydrogens is 252 g/mol. The lowest BCUT2D eigenvalue weighted by Gasteiger charge is -2.32. The van der Waals surface area contributed by atoms with Crippen LogP contribution in [0, 0.1) is 5.41 Å². The van der Waals surface area contributed by atoms with Crippen LogP contribution in [0.4, 0.5) is 0 Å². The van der Waals surface area contributed by atoms with Gasteiger partial charge in [-0.15, -0.1) is 0 Å². The van der Waals surface area contributed by atoms with Gasteiger partial charge in [-0.25, -0.2) is 0 Å². The van der Waals surface area contributed by atoms with Gasteiger partial charge in [0.05, 0.1) is 12.7 Å². The zero-order chi connectivity index (χ0) is 11.1. The summed E-state index contributed by atoms with van der Waals surface area (Å²) < 4.78 is 6.09. The van der Waals surface area contributed by atoms with E-state index in [1.54, 1.807) is 0 Å². The molecule has 1 saturated carbocycles. The predicted molar refractivity (Wildman–Crippen MR) is 69.6 cm³/mol. The molecule has 0 amide bonds. The lowest BCUT2D eigenvalue weighted by atomic mass is 9.85. The van der Waals surface area contributed by atoms with Crippen molar-refractivity contribution in [3.63, 3.8) is 0 Å². The molecular formula is C13H25BrO. The molecule has 0 spiro atoms. The molecule has 0 heterocycles. The van der Waals surface area contributed by atoms with Crippen LogP contribution >= 0.6 is 15.9 Å². The monoisotopic (exact) mass is 276 g/mol. The molecule has 1 nitrogen and oxygen atoms in total. The van der Waals surface area contributed by atoms with E-state index in [0.29, 0.717) is 11.5 Å². The molecule has 0 aromatic rings. The minimum Gasteiger partial charge on any atom is -0.378 e. The van der Waals surface area contributed by atoms with Gasteiger partial charge in [0.25, 0.3) is 0 Å². The molecule has 0 radical (unpaired) electrons. The summed E-state index contributed by atoms with van der Waals surface area (Å²) in [4.78, 5) is 0. The smallest absolute Gasteiger partial charge is 0.0575 e. The third-order valence-corrected chi connectivity index (χ3v) is 5.15. The Kier molecular flexibility index (Phi) is 6.21. The second-order valence-electron chi connectivity index (χ2n) is 4.91. The van der Waals surface area contributed by atoms with Crippen LogP contribution in [0.2, 0.25) is 0 Å². The summed E-state index contributed by atoms with van der Waals surface area (Å²) in [5.41, 5.74) is 0.372. The van der Waals surface area contributed by atoms with Gasteiger partial charge in [-0.05, 0) is 25.7 Å². The van der Waals surface area contributed by atoms with Gasteiger partial charge < -0.3 is 4.74 Å². The van der Waals surface area contributed by atoms with Gasteiger partial charge in [0.15, 0.2) is 0 Å². The van der Waals surface area contributed by atoms with Crippen LogP contribution < -0.4 is 0 Å². The summed E-state index contributed by atoms with van der Waals surface area (Å²) in [6.07, 6.45) is 9.68. The molecule has 0 aromatic carbocycles. The highest BCUT2D eigenvalue weighted by Gasteiger charge is 2.27. The largest absolute Gasteiger partial charge is 0.378 e. The minimum absolute atomic E-state index is 0.372. The van der Waals surface area contributed by atoms with Gasteiger partial charge >= 0.3 is 0 Å². The Morgan fingerprint density at radius 2 is 1.73 bits per heavy atom. The van der Waals surface area contributed by atoms with E-state index in [9.17, 15) is 0 Å². The predicted octanol–water partition coefficient (Wildman–Crippen LogP) is 4.54. The molecule has 90 valence electrons. The van der Waals surface area contributed by atoms with Crippen molar-refractivity contribution in [2.24, 2.45) is 5.41 Å². The van der Waals surface area contributed by atoms with Crippen molar-refractivity contribution < 1.29 is 4.74 Å². The summed E-state index contributed by atoms with van der Waals surface area (Å²) in [5, 5.41) is 1.07. The maximum Gasteiger partial charge on any atom is 0.0575 e. The quantitative estimate of drug-likeness (QED) is 0.648. The third-order valence-electron chi connectivity index (χ3n) is 3.96. The van der Waals surface area contributed by atoms with E-state index >= 15 is 0 Å². The van der Waals surface area contributed by atoms with Crippen molar-refractivity contribution >= 4 is 15.9 Å². The van der Waals surface area contributed by atoms with Crippen molar-refractivity contribution in [3.8, 4) is 0 Å². The first-order valence-electron chi connectivity index (χ1n) is 6.44. The summed E-state index contributed by atoms with van der Waals surface area (Å²) in [7, 11) is 0. The standard InChI is InChI=1S/C13H25BrO/c1-3-13(4-2,10-14)11-15-12-8-6-5-7-9-12/h12H,3-11H2,1-2H3. The Balaban J connectivity index is 2.31. The maximum atomic E-state index is 6.09. The molecule has 1 fully saturated rings. The van der Waals surface area contributed by atoms with E-state index in [0.717, 1.165) is 11.9 Å². The van der Waals surface area contributed by atoms with E-state index in [4.69, 9.17) is 4.74 Å². The summed E-state index contributed by atoms with van der Waals surface area (Å²) in [6, 6.07) is 0. The Morgan fingerprint density at radius 1 is 1.13 bits per heavy atom. The van der Waals surface area contributed by atoms with Crippen LogP contribution in [0.3, 0.4) is 0 Å². The molecule has 0 aromatic heterocycles. The van der Waals surface area contributed by atoms with E-state index in [1.807, 2.05) is 0 Å². The number of hydrogen-bond acceptors (Lipinski definition) is 1. The number of halogens is 1. The summed E-state index contributed by atoms with van der Waals surface area (Å²) >= 11 is 3.64. The Hall–Kier alpha value is 0.440. The number of alkyl halides is 1. The molecule has 2 heteroatoms. The summed E-state index contributed by atoms with van der Waals surface area (Å²) in [6.45, 7) is 5.49. The number of hydrogen-bond donors (Lipinski definition) is 0. The molecule has 0 N–H and O–H groups in total. The molecule has 1 aliphatic rings. The highest BCUT2D eigenvalue weighted by molar-refractivity contribution is 9.09. The van der Waals surface area contributed by atoms with E-state index in [-0.39, 0.29) is 0 Å². The van der Waals surface area contributed by atoms with Gasteiger partial charge in [-0.1, -0.05) is 49.0 Å². The van der Waals surface area contributed by atoms with Crippen molar-refractivity contribution in [2.75, 3.05) is 11.9 Å². The average Bonchev–Trinajstić information content (AvgIpc) is 2.33. The van der Waals surface area contributed by atoms with Crippen molar-refractivity contribution in [1.82, 2.24) is 0 Å². The fourth-order valence-corrected chi connectivity index (χ4v) is 3.16. The Labute approximate surface area is 103 Å². The number of ether oxygens (including phenoxy) is 1. The van der Waals surface area contributed by atoms with Crippen molar-refractivity contribution in [1.29, 1.82) is 0 Å². The highest BCUT2D eigenvalue weighted by atomic mass is 79.9. The van der Waals surface area contributed by atoms with E-state index in [1.165, 1.54) is 44.9 Å². The van der Waals surface area contributed by atoms with Crippen LogP contribution in [0.15, 0.2) is 0 Å². The zero-order valence-electron chi connectivity index (χ0n) is 10.2. The van der Waals surface area contributed by atoms with Crippen LogP contribution in [0.25, 0.3) is 0 Å². The molecule has 1 aliphatic carbocycles. The average molecular weight is 277 g/mol. The molecule has 0 saturated heterocycles. The molecule has 1 rings (SSSR count). The molecule has 0 aliphatic heterocycles. The molecule has 15 heavy (non-hydrogen) atoms. The Morgan fingerprint density at radius 3 is 2.20 bits per heavy atom. The molecule has 0 unspecified atom stereocenters. The maximum absolute atomic E-state index is 6.09. The number of rotatable bonds is 6. The summed E-state index contributed by atoms with van der Waals surface area (Å²) in [5.74, 6) is 0. The first kappa shape index (κ1) is 13.5. The van der Waals surface area contributed by atoms with Crippen LogP contribution in [0.1, 0.15) is 58.8 Å². The zero-order valence-corrected chi connectivity index (χ0v) is 11.8. The van der Waals surface area contributed by atoms with E-state index in [2.05, 4.69) is 29.8 Å². The second-order valence-corrected chi connectivity index (χ2v) is 5.47. The van der Waals surface area contributed by atoms with Gasteiger partial charge in [0.1, 0.15) is 0 Å². The van der Waals surface area contributed by atoms with Crippen LogP contribution in [-0.4, -0.2) is 18.0 Å². The van der Waals surface area contributed by atoms with Gasteiger partial charge in [0, 0.05) is 10.7 Å². The second kappa shape index (κ2) is 6.90. The fraction of sp³-hybridized carbons (Fsp3) is 1.00. The first-order chi connectivity index (χ1) is 7.26. The van der Waals surface area contributed by atoms with Crippen LogP contribution in [-0.2, 0) is 4.74 Å². The third kappa shape index (κ3) is 4.07. The first-order valence-corrected chi connectivity index (χ1v) is 7.56. The molecule has 0 bridgehead atoms. The Bertz CT molecular complexity index is 152. The normalized spacial score (nSPS) is 19.4. The fourth-order valence-electron chi connectivity index (χ4n) is 2.21. The molecule has 0 atom stereocenters. The van der Waals surface area contributed by atoms with Gasteiger partial charge in [0.2, 0.25) is 0 Å². The SMILES string of the molecule is CCC(CC)(CBr)COC1CCCCC1. The lowest BCUT2D eigenvalue weighted by Crippen LogP contribution is -2.31. The van der Waals surface area contributed by atoms with Crippen molar-refractivity contribution in [3.05, 3.63) is 0 Å².